The van der Waals surface area contributed by atoms with Gasteiger partial charge < -0.3 is 40.7 Å². The highest BCUT2D eigenvalue weighted by atomic mass is 32.1. The van der Waals surface area contributed by atoms with Crippen molar-refractivity contribution in [2.45, 2.75) is 104 Å². The summed E-state index contributed by atoms with van der Waals surface area (Å²) in [5, 5.41) is 20.1. The van der Waals surface area contributed by atoms with Crippen LogP contribution in [0.1, 0.15) is 81.1 Å². The molecular formula is C31H53N5O10S. The number of hydrogen-bond donors (Lipinski definition) is 6. The fraction of sp³-hybridized carbons (Fsp3) is 0.613. The normalized spacial score (nSPS) is 13.6. The molecule has 5 N–H and O–H groups in total. The average Bonchev–Trinajstić information content (AvgIpc) is 3.22. The summed E-state index contributed by atoms with van der Waals surface area (Å²) in [6.07, 6.45) is 3.82. The standard InChI is InChI=1S/C17H25N3O6.C13H24N2O4.CH4S/c1-11(2)18-10-6-7-12(19-16(24)25-17(3,4)5)15(23)26-20-13(21)8-9-14(20)22;1-9(2)14-8-6-7-10(11(16)17)15-12(18)19-13(3,4)5;1-2/h8-9,12,18H,1,6-7,10H2,2-5H3,(H,19,24);10,14H,1,6-8H2,2-5H3,(H,15,18)(H,16,17);2H,1H3/t12-;10-;/m00./s1/i/hD. The lowest BCUT2D eigenvalue weighted by Crippen LogP contribution is -2.47. The van der Waals surface area contributed by atoms with Gasteiger partial charge in [-0.1, -0.05) is 18.2 Å². The van der Waals surface area contributed by atoms with Gasteiger partial charge >= 0.3 is 24.1 Å². The predicted molar refractivity (Wildman–Crippen MR) is 180 cm³/mol. The van der Waals surface area contributed by atoms with Crippen molar-refractivity contribution in [1.29, 1.82) is 1.12 Å². The molecule has 0 aromatic heterocycles. The molecular weight excluding hydrogens is 634 g/mol. The summed E-state index contributed by atoms with van der Waals surface area (Å²) in [4.78, 5) is 74.6. The van der Waals surface area contributed by atoms with Crippen LogP contribution in [0.2, 0.25) is 0 Å². The third-order valence-corrected chi connectivity index (χ3v) is 5.11. The summed E-state index contributed by atoms with van der Waals surface area (Å²) in [5.41, 5.74) is 0.204. The van der Waals surface area contributed by atoms with Crippen molar-refractivity contribution >= 4 is 48.5 Å². The van der Waals surface area contributed by atoms with Crippen LogP contribution < -0.4 is 21.3 Å². The molecule has 0 saturated carbocycles. The van der Waals surface area contributed by atoms with Crippen molar-refractivity contribution in [3.63, 3.8) is 0 Å². The average molecular weight is 689 g/mol. The second kappa shape index (κ2) is 22.3. The molecule has 1 aliphatic rings. The third kappa shape index (κ3) is 23.7. The van der Waals surface area contributed by atoms with Gasteiger partial charge in [0.05, 0.1) is 0 Å². The highest BCUT2D eigenvalue weighted by Crippen LogP contribution is 2.11. The molecule has 0 aromatic rings. The Morgan fingerprint density at radius 1 is 0.851 bits per heavy atom. The van der Waals surface area contributed by atoms with Gasteiger partial charge in [0.1, 0.15) is 24.4 Å². The minimum atomic E-state index is -1.09. The molecule has 0 aliphatic carbocycles. The fourth-order valence-electron chi connectivity index (χ4n) is 3.25. The maximum absolute atomic E-state index is 12.3. The molecule has 4 amide bonds. The number of hydroxylamine groups is 2. The van der Waals surface area contributed by atoms with Gasteiger partial charge in [0, 0.05) is 36.6 Å². The molecule has 268 valence electrons. The first-order valence-corrected chi connectivity index (χ1v) is 15.6. The van der Waals surface area contributed by atoms with Crippen LogP contribution in [-0.2, 0) is 33.5 Å². The molecule has 1 rings (SSSR count). The molecule has 16 heteroatoms. The smallest absolute Gasteiger partial charge is 0.408 e. The summed E-state index contributed by atoms with van der Waals surface area (Å²) in [7, 11) is 0. The zero-order chi connectivity index (χ0) is 37.7. The molecule has 0 spiro atoms. The molecule has 0 unspecified atom stereocenters. The Balaban J connectivity index is 0. The third-order valence-electron chi connectivity index (χ3n) is 5.11. The second-order valence-electron chi connectivity index (χ2n) is 12.1. The van der Waals surface area contributed by atoms with Gasteiger partial charge in [-0.3, -0.25) is 9.59 Å². The van der Waals surface area contributed by atoms with E-state index in [0.717, 1.165) is 36.1 Å². The van der Waals surface area contributed by atoms with Gasteiger partial charge in [-0.15, -0.1) is 0 Å². The largest absolute Gasteiger partial charge is 0.480 e. The van der Waals surface area contributed by atoms with Crippen LogP contribution in [0.3, 0.4) is 0 Å². The quantitative estimate of drug-likeness (QED) is 0.0831. The van der Waals surface area contributed by atoms with E-state index >= 15 is 0 Å². The molecule has 47 heavy (non-hydrogen) atoms. The summed E-state index contributed by atoms with van der Waals surface area (Å²) in [6, 6.07) is -2.03. The number of rotatable bonds is 15. The lowest BCUT2D eigenvalue weighted by atomic mass is 10.1. The number of alkyl carbamates (subject to hydrolysis) is 2. The topological polar surface area (TPSA) is 202 Å². The van der Waals surface area contributed by atoms with Crippen LogP contribution in [0.4, 0.5) is 9.59 Å². The zero-order valence-corrected chi connectivity index (χ0v) is 29.8. The zero-order valence-electron chi connectivity index (χ0n) is 29.9. The number of aliphatic carboxylic acids is 1. The Labute approximate surface area is 284 Å². The van der Waals surface area contributed by atoms with Crippen LogP contribution >= 0.6 is 12.5 Å². The molecule has 0 fully saturated rings. The number of allylic oxidation sites excluding steroid dienone is 2. The summed E-state index contributed by atoms with van der Waals surface area (Å²) >= 11 is 1.000. The summed E-state index contributed by atoms with van der Waals surface area (Å²) in [6.45, 7) is 22.4. The maximum atomic E-state index is 12.3. The number of nitrogens with one attached hydrogen (secondary N) is 4. The first kappa shape index (κ1) is 42.8. The van der Waals surface area contributed by atoms with E-state index in [1.165, 1.54) is 0 Å². The van der Waals surface area contributed by atoms with Gasteiger partial charge in [-0.05, 0) is 87.3 Å². The van der Waals surface area contributed by atoms with Gasteiger partial charge in [-0.25, -0.2) is 19.2 Å². The molecule has 0 radical (unpaired) electrons. The van der Waals surface area contributed by atoms with Gasteiger partial charge in [0.25, 0.3) is 11.8 Å². The van der Waals surface area contributed by atoms with Gasteiger partial charge in [0.15, 0.2) is 0 Å². The molecule has 0 bridgehead atoms. The van der Waals surface area contributed by atoms with Crippen LogP contribution in [0.15, 0.2) is 36.7 Å². The van der Waals surface area contributed by atoms with E-state index in [9.17, 15) is 28.8 Å². The Kier molecular flexibility index (Phi) is 20.3. The molecule has 0 saturated heterocycles. The number of nitrogens with zero attached hydrogens (tertiary/aromatic N) is 1. The van der Waals surface area contributed by atoms with E-state index < -0.39 is 59.2 Å². The number of thiol groups is 1. The van der Waals surface area contributed by atoms with Crippen molar-refractivity contribution < 1.29 is 48.2 Å². The second-order valence-corrected chi connectivity index (χ2v) is 12.1. The van der Waals surface area contributed by atoms with Crippen molar-refractivity contribution in [2.24, 2.45) is 0 Å². The maximum Gasteiger partial charge on any atom is 0.408 e. The highest BCUT2D eigenvalue weighted by molar-refractivity contribution is 7.79. The van der Waals surface area contributed by atoms with E-state index in [4.69, 9.17) is 20.5 Å². The Hall–Kier alpha value is -4.21. The lowest BCUT2D eigenvalue weighted by Gasteiger charge is -2.23. The summed E-state index contributed by atoms with van der Waals surface area (Å²) in [5.74, 6) is -3.52. The fourth-order valence-corrected chi connectivity index (χ4v) is 3.25. The first-order chi connectivity index (χ1) is 22.0. The van der Waals surface area contributed by atoms with Crippen molar-refractivity contribution in [3.05, 3.63) is 36.7 Å². The predicted octanol–water partition coefficient (Wildman–Crippen LogP) is 3.58. The number of hydrogen-bond acceptors (Lipinski definition) is 12. The van der Waals surface area contributed by atoms with Gasteiger partial charge in [0.2, 0.25) is 0 Å². The minimum absolute atomic E-state index is 0.210. The van der Waals surface area contributed by atoms with Crippen LogP contribution in [0.5, 0.6) is 0 Å². The van der Waals surface area contributed by atoms with Crippen molar-refractivity contribution in [3.8, 4) is 0 Å². The lowest BCUT2D eigenvalue weighted by molar-refractivity contribution is -0.197. The van der Waals surface area contributed by atoms with E-state index in [1.54, 1.807) is 54.7 Å². The molecule has 15 nitrogen and oxygen atoms in total. The molecule has 1 aliphatic heterocycles. The molecule has 0 aromatic carbocycles. The number of ether oxygens (including phenoxy) is 2. The molecule has 1 heterocycles. The number of carbonyl (C=O) groups excluding carboxylic acids is 5. The van der Waals surface area contributed by atoms with Crippen LogP contribution in [0, 0.1) is 0 Å². The Morgan fingerprint density at radius 2 is 1.21 bits per heavy atom. The van der Waals surface area contributed by atoms with E-state index in [0.29, 0.717) is 37.4 Å². The monoisotopic (exact) mass is 688 g/mol. The van der Waals surface area contributed by atoms with Crippen LogP contribution in [-0.4, -0.2) is 89.9 Å². The van der Waals surface area contributed by atoms with E-state index in [1.807, 2.05) is 6.92 Å². The SMILES string of the molecule is C=C(C)NCCC[C@H](NC(=O)OC(C)(C)C)C(=O)O.C=C(C)NCCC[C@H](NC(=O)OC(C)(C)C)C(=O)ON1C(=O)C=CC1=O.[2H]SC. The van der Waals surface area contributed by atoms with Crippen molar-refractivity contribution in [1.82, 2.24) is 26.3 Å². The minimum Gasteiger partial charge on any atom is -0.480 e. The number of carbonyl (C=O) groups is 6. The van der Waals surface area contributed by atoms with Gasteiger partial charge in [-0.2, -0.15) is 12.5 Å². The number of carboxylic acids is 1. The molecule has 2 atom stereocenters. The number of amides is 4. The highest BCUT2D eigenvalue weighted by Gasteiger charge is 2.32. The number of carboxylic acid groups (broad SMARTS) is 1. The Morgan fingerprint density at radius 3 is 1.55 bits per heavy atom. The van der Waals surface area contributed by atoms with Crippen LogP contribution in [0.25, 0.3) is 0 Å². The summed E-state index contributed by atoms with van der Waals surface area (Å²) < 4.78 is 16.3. The number of imide groups is 1. The first-order valence-electron chi connectivity index (χ1n) is 15.2. The van der Waals surface area contributed by atoms with E-state index in [-0.39, 0.29) is 6.42 Å². The van der Waals surface area contributed by atoms with Crippen molar-refractivity contribution in [2.75, 3.05) is 19.3 Å². The Bertz CT molecular complexity index is 1130. The van der Waals surface area contributed by atoms with E-state index in [2.05, 4.69) is 34.4 Å².